The zero-order chi connectivity index (χ0) is 14.9. The summed E-state index contributed by atoms with van der Waals surface area (Å²) in [5.41, 5.74) is 7.56. The van der Waals surface area contributed by atoms with Crippen molar-refractivity contribution in [3.63, 3.8) is 0 Å². The summed E-state index contributed by atoms with van der Waals surface area (Å²) >= 11 is 0. The number of hydrogen-bond donors (Lipinski definition) is 1. The highest BCUT2D eigenvalue weighted by molar-refractivity contribution is 5.74. The summed E-state index contributed by atoms with van der Waals surface area (Å²) in [6, 6.07) is 5.04. The topological polar surface area (TPSA) is 62.3 Å². The third-order valence-electron chi connectivity index (χ3n) is 3.15. The lowest BCUT2D eigenvalue weighted by Gasteiger charge is -2.14. The number of nitrogen functional groups attached to an aromatic ring is 1. The highest BCUT2D eigenvalue weighted by Crippen LogP contribution is 2.40. The smallest absolute Gasteiger partial charge is 0.170 e. The number of anilines is 1. The van der Waals surface area contributed by atoms with Crippen molar-refractivity contribution in [2.75, 3.05) is 20.0 Å². The highest BCUT2D eigenvalue weighted by Gasteiger charge is 2.18. The number of ether oxygens (including phenoxy) is 2. The standard InChI is InChI=1S/C14H18FN3O2/c1-8(15)9-5-10(11-7-13(16)18(2)17-11)14(20-4)12(6-9)19-3/h5-8H,16H2,1-4H3. The normalized spacial score (nSPS) is 12.2. The fourth-order valence-corrected chi connectivity index (χ4v) is 2.02. The Kier molecular flexibility index (Phi) is 3.83. The molecule has 1 atom stereocenters. The Morgan fingerprint density at radius 2 is 1.95 bits per heavy atom. The van der Waals surface area contributed by atoms with Gasteiger partial charge in [0.15, 0.2) is 11.5 Å². The second-order valence-corrected chi connectivity index (χ2v) is 4.50. The van der Waals surface area contributed by atoms with Crippen LogP contribution in [0.15, 0.2) is 18.2 Å². The first-order valence-electron chi connectivity index (χ1n) is 6.17. The molecule has 5 nitrogen and oxygen atoms in total. The van der Waals surface area contributed by atoms with Gasteiger partial charge < -0.3 is 15.2 Å². The molecular formula is C14H18FN3O2. The van der Waals surface area contributed by atoms with Gasteiger partial charge in [-0.25, -0.2) is 4.39 Å². The van der Waals surface area contributed by atoms with Crippen molar-refractivity contribution < 1.29 is 13.9 Å². The van der Waals surface area contributed by atoms with E-state index in [0.717, 1.165) is 0 Å². The molecule has 1 aromatic heterocycles. The van der Waals surface area contributed by atoms with E-state index in [9.17, 15) is 4.39 Å². The van der Waals surface area contributed by atoms with Gasteiger partial charge in [-0.3, -0.25) is 4.68 Å². The minimum Gasteiger partial charge on any atom is -0.493 e. The minimum atomic E-state index is -1.12. The Labute approximate surface area is 117 Å². The van der Waals surface area contributed by atoms with Crippen LogP contribution in [0.1, 0.15) is 18.7 Å². The lowest BCUT2D eigenvalue weighted by Crippen LogP contribution is -1.98. The number of nitrogens with zero attached hydrogens (tertiary/aromatic N) is 2. The first kappa shape index (κ1) is 14.2. The lowest BCUT2D eigenvalue weighted by atomic mass is 10.0. The summed E-state index contributed by atoms with van der Waals surface area (Å²) in [6.45, 7) is 1.47. The van der Waals surface area contributed by atoms with Gasteiger partial charge in [0.2, 0.25) is 0 Å². The summed E-state index contributed by atoms with van der Waals surface area (Å²) in [5, 5.41) is 4.30. The molecule has 1 unspecified atom stereocenters. The molecule has 0 amide bonds. The van der Waals surface area contributed by atoms with E-state index in [1.807, 2.05) is 0 Å². The maximum atomic E-state index is 13.6. The Bertz CT molecular complexity index is 604. The first-order valence-corrected chi connectivity index (χ1v) is 6.17. The molecule has 0 saturated heterocycles. The summed E-state index contributed by atoms with van der Waals surface area (Å²) < 4.78 is 25.8. The molecule has 1 heterocycles. The van der Waals surface area contributed by atoms with Crippen molar-refractivity contribution in [2.24, 2.45) is 7.05 Å². The molecule has 0 spiro atoms. The van der Waals surface area contributed by atoms with Crippen LogP contribution in [0.2, 0.25) is 0 Å². The van der Waals surface area contributed by atoms with E-state index >= 15 is 0 Å². The number of aromatic nitrogens is 2. The number of aryl methyl sites for hydroxylation is 1. The minimum absolute atomic E-state index is 0.466. The molecule has 2 N–H and O–H groups in total. The Morgan fingerprint density at radius 3 is 2.40 bits per heavy atom. The summed E-state index contributed by atoms with van der Waals surface area (Å²) in [6.07, 6.45) is -1.12. The van der Waals surface area contributed by atoms with Crippen molar-refractivity contribution >= 4 is 5.82 Å². The van der Waals surface area contributed by atoms with Crippen LogP contribution >= 0.6 is 0 Å². The third kappa shape index (κ3) is 2.41. The molecular weight excluding hydrogens is 261 g/mol. The van der Waals surface area contributed by atoms with Crippen molar-refractivity contribution in [1.82, 2.24) is 9.78 Å². The van der Waals surface area contributed by atoms with Gasteiger partial charge in [-0.2, -0.15) is 5.10 Å². The molecule has 0 aliphatic carbocycles. The highest BCUT2D eigenvalue weighted by atomic mass is 19.1. The van der Waals surface area contributed by atoms with Gasteiger partial charge in [-0.05, 0) is 24.6 Å². The van der Waals surface area contributed by atoms with Crippen molar-refractivity contribution in [1.29, 1.82) is 0 Å². The zero-order valence-electron chi connectivity index (χ0n) is 12.0. The van der Waals surface area contributed by atoms with Gasteiger partial charge in [0.25, 0.3) is 0 Å². The van der Waals surface area contributed by atoms with Gasteiger partial charge in [0, 0.05) is 18.7 Å². The van der Waals surface area contributed by atoms with E-state index in [1.54, 1.807) is 29.9 Å². The molecule has 20 heavy (non-hydrogen) atoms. The number of hydrogen-bond acceptors (Lipinski definition) is 4. The first-order chi connectivity index (χ1) is 9.47. The predicted octanol–water partition coefficient (Wildman–Crippen LogP) is 2.72. The van der Waals surface area contributed by atoms with Crippen LogP contribution in [0.25, 0.3) is 11.3 Å². The van der Waals surface area contributed by atoms with Crippen LogP contribution in [-0.2, 0) is 7.05 Å². The SMILES string of the molecule is COc1cc(C(C)F)cc(-c2cc(N)n(C)n2)c1OC. The molecule has 108 valence electrons. The third-order valence-corrected chi connectivity index (χ3v) is 3.15. The predicted molar refractivity (Wildman–Crippen MR) is 75.7 cm³/mol. The average molecular weight is 279 g/mol. The molecule has 0 radical (unpaired) electrons. The monoisotopic (exact) mass is 279 g/mol. The number of methoxy groups -OCH3 is 2. The van der Waals surface area contributed by atoms with E-state index in [-0.39, 0.29) is 0 Å². The molecule has 2 aromatic rings. The maximum Gasteiger partial charge on any atom is 0.170 e. The Balaban J connectivity index is 2.68. The van der Waals surface area contributed by atoms with Crippen LogP contribution in [0.5, 0.6) is 11.5 Å². The van der Waals surface area contributed by atoms with Crippen molar-refractivity contribution in [3.05, 3.63) is 23.8 Å². The van der Waals surface area contributed by atoms with Gasteiger partial charge in [-0.1, -0.05) is 0 Å². The van der Waals surface area contributed by atoms with E-state index in [2.05, 4.69) is 5.10 Å². The largest absolute Gasteiger partial charge is 0.493 e. The van der Waals surface area contributed by atoms with Crippen LogP contribution in [0.3, 0.4) is 0 Å². The van der Waals surface area contributed by atoms with Gasteiger partial charge in [-0.15, -0.1) is 0 Å². The molecule has 0 aliphatic rings. The maximum absolute atomic E-state index is 13.6. The second-order valence-electron chi connectivity index (χ2n) is 4.50. The zero-order valence-corrected chi connectivity index (χ0v) is 12.0. The van der Waals surface area contributed by atoms with Crippen LogP contribution in [0.4, 0.5) is 10.2 Å². The van der Waals surface area contributed by atoms with Gasteiger partial charge >= 0.3 is 0 Å². The number of alkyl halides is 1. The van der Waals surface area contributed by atoms with Crippen LogP contribution in [0, 0.1) is 0 Å². The Hall–Kier alpha value is -2.24. The van der Waals surface area contributed by atoms with Crippen LogP contribution in [-0.4, -0.2) is 24.0 Å². The van der Waals surface area contributed by atoms with E-state index < -0.39 is 6.17 Å². The molecule has 1 aromatic carbocycles. The fraction of sp³-hybridized carbons (Fsp3) is 0.357. The van der Waals surface area contributed by atoms with Gasteiger partial charge in [0.1, 0.15) is 12.0 Å². The molecule has 2 rings (SSSR count). The number of rotatable bonds is 4. The average Bonchev–Trinajstić information content (AvgIpc) is 2.76. The van der Waals surface area contributed by atoms with Gasteiger partial charge in [0.05, 0.1) is 19.9 Å². The molecule has 0 saturated carbocycles. The number of benzene rings is 1. The van der Waals surface area contributed by atoms with E-state index in [4.69, 9.17) is 15.2 Å². The molecule has 0 aliphatic heterocycles. The second kappa shape index (κ2) is 5.40. The quantitative estimate of drug-likeness (QED) is 0.934. The van der Waals surface area contributed by atoms with Crippen LogP contribution < -0.4 is 15.2 Å². The summed E-state index contributed by atoms with van der Waals surface area (Å²) in [4.78, 5) is 0. The van der Waals surface area contributed by atoms with E-state index in [0.29, 0.717) is 34.1 Å². The van der Waals surface area contributed by atoms with Crippen molar-refractivity contribution in [3.8, 4) is 22.8 Å². The number of nitrogens with two attached hydrogens (primary N) is 1. The number of halogens is 1. The summed E-state index contributed by atoms with van der Waals surface area (Å²) in [7, 11) is 4.79. The summed E-state index contributed by atoms with van der Waals surface area (Å²) in [5.74, 6) is 1.49. The lowest BCUT2D eigenvalue weighted by molar-refractivity contribution is 0.348. The molecule has 6 heteroatoms. The van der Waals surface area contributed by atoms with E-state index in [1.165, 1.54) is 21.1 Å². The van der Waals surface area contributed by atoms with Crippen molar-refractivity contribution in [2.45, 2.75) is 13.1 Å². The molecule has 0 fully saturated rings. The molecule has 0 bridgehead atoms. The fourth-order valence-electron chi connectivity index (χ4n) is 2.02. The Morgan fingerprint density at radius 1 is 1.25 bits per heavy atom.